The topological polar surface area (TPSA) is 28.2 Å². The lowest BCUT2D eigenvalue weighted by Crippen LogP contribution is -2.28. The third-order valence-electron chi connectivity index (χ3n) is 2.61. The van der Waals surface area contributed by atoms with Crippen molar-refractivity contribution in [1.82, 2.24) is 15.2 Å². The Kier molecular flexibility index (Phi) is 5.29. The van der Waals surface area contributed by atoms with Crippen molar-refractivity contribution < 1.29 is 0 Å². The summed E-state index contributed by atoms with van der Waals surface area (Å²) < 4.78 is 0. The molecule has 0 bridgehead atoms. The van der Waals surface area contributed by atoms with Crippen LogP contribution in [0.1, 0.15) is 18.9 Å². The average Bonchev–Trinajstić information content (AvgIpc) is 2.27. The second-order valence-electron chi connectivity index (χ2n) is 4.08. The van der Waals surface area contributed by atoms with Crippen molar-refractivity contribution in [2.75, 3.05) is 20.6 Å². The minimum Gasteiger partial charge on any atom is -0.317 e. The first-order chi connectivity index (χ1) is 7.22. The van der Waals surface area contributed by atoms with Crippen LogP contribution in [0.3, 0.4) is 0 Å². The van der Waals surface area contributed by atoms with Crippen LogP contribution >= 0.6 is 0 Å². The number of hydrogen-bond donors (Lipinski definition) is 1. The van der Waals surface area contributed by atoms with Crippen LogP contribution in [0.5, 0.6) is 0 Å². The van der Waals surface area contributed by atoms with Gasteiger partial charge in [-0.3, -0.25) is 4.98 Å². The molecule has 1 unspecified atom stereocenters. The lowest BCUT2D eigenvalue weighted by atomic mass is 10.2. The van der Waals surface area contributed by atoms with E-state index in [0.717, 1.165) is 13.1 Å². The summed E-state index contributed by atoms with van der Waals surface area (Å²) in [4.78, 5) is 6.43. The number of nitrogens with zero attached hydrogens (tertiary/aromatic N) is 2. The van der Waals surface area contributed by atoms with E-state index in [0.29, 0.717) is 6.04 Å². The van der Waals surface area contributed by atoms with Crippen LogP contribution in [0.4, 0.5) is 0 Å². The van der Waals surface area contributed by atoms with E-state index in [4.69, 9.17) is 0 Å². The molecule has 84 valence electrons. The summed E-state index contributed by atoms with van der Waals surface area (Å²) >= 11 is 0. The second-order valence-corrected chi connectivity index (χ2v) is 4.08. The van der Waals surface area contributed by atoms with E-state index in [9.17, 15) is 0 Å². The molecule has 0 radical (unpaired) electrons. The Morgan fingerprint density at radius 2 is 2.33 bits per heavy atom. The van der Waals surface area contributed by atoms with E-state index < -0.39 is 0 Å². The maximum atomic E-state index is 4.11. The van der Waals surface area contributed by atoms with Gasteiger partial charge in [0.1, 0.15) is 0 Å². The largest absolute Gasteiger partial charge is 0.317 e. The zero-order valence-electron chi connectivity index (χ0n) is 9.90. The quantitative estimate of drug-likeness (QED) is 0.766. The monoisotopic (exact) mass is 207 g/mol. The van der Waals surface area contributed by atoms with Gasteiger partial charge in [-0.25, -0.2) is 0 Å². The van der Waals surface area contributed by atoms with Crippen LogP contribution in [0, 0.1) is 0 Å². The molecule has 1 heterocycles. The van der Waals surface area contributed by atoms with Crippen molar-refractivity contribution in [3.63, 3.8) is 0 Å². The Hall–Kier alpha value is -0.930. The van der Waals surface area contributed by atoms with Crippen LogP contribution in [0.15, 0.2) is 24.5 Å². The molecule has 15 heavy (non-hydrogen) atoms. The molecule has 1 atom stereocenters. The van der Waals surface area contributed by atoms with Crippen molar-refractivity contribution >= 4 is 0 Å². The Balaban J connectivity index is 2.27. The summed E-state index contributed by atoms with van der Waals surface area (Å²) in [6, 6.07) is 4.69. The van der Waals surface area contributed by atoms with Crippen LogP contribution in [-0.2, 0) is 6.54 Å². The molecule has 3 nitrogen and oxygen atoms in total. The fourth-order valence-electron chi connectivity index (χ4n) is 1.44. The maximum Gasteiger partial charge on any atom is 0.0312 e. The van der Waals surface area contributed by atoms with Gasteiger partial charge in [0.25, 0.3) is 0 Å². The Morgan fingerprint density at radius 1 is 1.53 bits per heavy atom. The lowest BCUT2D eigenvalue weighted by Gasteiger charge is -2.18. The van der Waals surface area contributed by atoms with Crippen molar-refractivity contribution in [2.24, 2.45) is 0 Å². The van der Waals surface area contributed by atoms with E-state index in [1.54, 1.807) is 0 Å². The summed E-state index contributed by atoms with van der Waals surface area (Å²) in [6.07, 6.45) is 4.91. The van der Waals surface area contributed by atoms with Crippen molar-refractivity contribution in [1.29, 1.82) is 0 Å². The molecule has 0 saturated carbocycles. The van der Waals surface area contributed by atoms with Gasteiger partial charge in [-0.2, -0.15) is 0 Å². The van der Waals surface area contributed by atoms with E-state index in [2.05, 4.69) is 35.2 Å². The molecule has 1 rings (SSSR count). The highest BCUT2D eigenvalue weighted by Gasteiger charge is 2.03. The van der Waals surface area contributed by atoms with Gasteiger partial charge in [-0.15, -0.1) is 0 Å². The molecule has 0 amide bonds. The van der Waals surface area contributed by atoms with Gasteiger partial charge in [-0.05, 0) is 45.6 Å². The molecule has 0 fully saturated rings. The average molecular weight is 207 g/mol. The summed E-state index contributed by atoms with van der Waals surface area (Å²) in [5.41, 5.74) is 1.28. The van der Waals surface area contributed by atoms with Gasteiger partial charge in [0, 0.05) is 25.0 Å². The smallest absolute Gasteiger partial charge is 0.0312 e. The third-order valence-corrected chi connectivity index (χ3v) is 2.61. The summed E-state index contributed by atoms with van der Waals surface area (Å²) in [6.45, 7) is 4.29. The standard InChI is InChI=1S/C12H21N3/c1-11(13-2)6-8-15(3)10-12-5-4-7-14-9-12/h4-5,7,9,11,13H,6,8,10H2,1-3H3. The molecule has 0 aliphatic carbocycles. The van der Waals surface area contributed by atoms with Crippen LogP contribution in [0.25, 0.3) is 0 Å². The number of aromatic nitrogens is 1. The molecular weight excluding hydrogens is 186 g/mol. The minimum absolute atomic E-state index is 0.585. The molecule has 0 saturated heterocycles. The molecule has 0 aliphatic rings. The fourth-order valence-corrected chi connectivity index (χ4v) is 1.44. The summed E-state index contributed by atoms with van der Waals surface area (Å²) in [5.74, 6) is 0. The first-order valence-electron chi connectivity index (χ1n) is 5.47. The maximum absolute atomic E-state index is 4.11. The van der Waals surface area contributed by atoms with Gasteiger partial charge >= 0.3 is 0 Å². The first-order valence-corrected chi connectivity index (χ1v) is 5.47. The zero-order chi connectivity index (χ0) is 11.1. The van der Waals surface area contributed by atoms with Crippen molar-refractivity contribution in [3.05, 3.63) is 30.1 Å². The highest BCUT2D eigenvalue weighted by molar-refractivity contribution is 5.07. The van der Waals surface area contributed by atoms with Crippen LogP contribution < -0.4 is 5.32 Å². The van der Waals surface area contributed by atoms with Gasteiger partial charge < -0.3 is 10.2 Å². The van der Waals surface area contributed by atoms with E-state index in [1.807, 2.05) is 25.5 Å². The van der Waals surface area contributed by atoms with E-state index in [-0.39, 0.29) is 0 Å². The predicted molar refractivity (Wildman–Crippen MR) is 63.7 cm³/mol. The van der Waals surface area contributed by atoms with Gasteiger partial charge in [0.2, 0.25) is 0 Å². The summed E-state index contributed by atoms with van der Waals surface area (Å²) in [7, 11) is 4.15. The van der Waals surface area contributed by atoms with Crippen LogP contribution in [0.2, 0.25) is 0 Å². The second kappa shape index (κ2) is 6.53. The Labute approximate surface area is 92.5 Å². The normalized spacial score (nSPS) is 13.1. The summed E-state index contributed by atoms with van der Waals surface area (Å²) in [5, 5.41) is 3.25. The fraction of sp³-hybridized carbons (Fsp3) is 0.583. The van der Waals surface area contributed by atoms with Crippen molar-refractivity contribution in [3.8, 4) is 0 Å². The molecule has 1 N–H and O–H groups in total. The van der Waals surface area contributed by atoms with Crippen molar-refractivity contribution in [2.45, 2.75) is 25.9 Å². The van der Waals surface area contributed by atoms with E-state index >= 15 is 0 Å². The number of rotatable bonds is 6. The number of hydrogen-bond acceptors (Lipinski definition) is 3. The highest BCUT2D eigenvalue weighted by Crippen LogP contribution is 2.02. The molecule has 0 spiro atoms. The SMILES string of the molecule is CNC(C)CCN(C)Cc1cccnc1. The minimum atomic E-state index is 0.585. The third kappa shape index (κ3) is 4.91. The number of pyridine rings is 1. The van der Waals surface area contributed by atoms with Gasteiger partial charge in [-0.1, -0.05) is 6.07 Å². The Morgan fingerprint density at radius 3 is 2.93 bits per heavy atom. The predicted octanol–water partition coefficient (Wildman–Crippen LogP) is 1.51. The lowest BCUT2D eigenvalue weighted by molar-refractivity contribution is 0.306. The first kappa shape index (κ1) is 12.1. The molecular formula is C12H21N3. The number of nitrogens with one attached hydrogen (secondary N) is 1. The molecule has 0 aromatic carbocycles. The van der Waals surface area contributed by atoms with Gasteiger partial charge in [0.05, 0.1) is 0 Å². The van der Waals surface area contributed by atoms with E-state index in [1.165, 1.54) is 12.0 Å². The zero-order valence-corrected chi connectivity index (χ0v) is 9.90. The van der Waals surface area contributed by atoms with Crippen LogP contribution in [-0.4, -0.2) is 36.6 Å². The molecule has 1 aromatic rings. The molecule has 3 heteroatoms. The Bertz CT molecular complexity index is 261. The molecule has 0 aliphatic heterocycles. The highest BCUT2D eigenvalue weighted by atomic mass is 15.1. The molecule has 1 aromatic heterocycles. The van der Waals surface area contributed by atoms with Gasteiger partial charge in [0.15, 0.2) is 0 Å².